The molecule has 0 aliphatic rings. The van der Waals surface area contributed by atoms with Crippen molar-refractivity contribution < 1.29 is 4.74 Å². The lowest BCUT2D eigenvalue weighted by Gasteiger charge is -2.10. The van der Waals surface area contributed by atoms with Gasteiger partial charge in [0.2, 0.25) is 0 Å². The summed E-state index contributed by atoms with van der Waals surface area (Å²) in [6, 6.07) is 6.17. The highest BCUT2D eigenvalue weighted by Crippen LogP contribution is 2.21. The van der Waals surface area contributed by atoms with Crippen LogP contribution in [0.3, 0.4) is 0 Å². The second-order valence-electron chi connectivity index (χ2n) is 3.25. The van der Waals surface area contributed by atoms with Gasteiger partial charge in [-0.25, -0.2) is 0 Å². The highest BCUT2D eigenvalue weighted by molar-refractivity contribution is 5.37. The first kappa shape index (κ1) is 10.1. The van der Waals surface area contributed by atoms with Crippen LogP contribution < -0.4 is 10.5 Å². The molecular weight excluding hydrogens is 162 g/mol. The van der Waals surface area contributed by atoms with Crippen LogP contribution in [0.15, 0.2) is 18.2 Å². The molecule has 13 heavy (non-hydrogen) atoms. The summed E-state index contributed by atoms with van der Waals surface area (Å²) in [5, 5.41) is 0. The van der Waals surface area contributed by atoms with Gasteiger partial charge in [-0.2, -0.15) is 0 Å². The second-order valence-corrected chi connectivity index (χ2v) is 3.25. The summed E-state index contributed by atoms with van der Waals surface area (Å²) in [4.78, 5) is 0. The van der Waals surface area contributed by atoms with Gasteiger partial charge in [0.05, 0.1) is 6.61 Å². The molecule has 1 atom stereocenters. The molecule has 2 nitrogen and oxygen atoms in total. The minimum atomic E-state index is 0.0920. The molecule has 0 unspecified atom stereocenters. The van der Waals surface area contributed by atoms with E-state index in [4.69, 9.17) is 10.5 Å². The van der Waals surface area contributed by atoms with E-state index >= 15 is 0 Å². The molecule has 72 valence electrons. The van der Waals surface area contributed by atoms with Crippen molar-refractivity contribution in [3.8, 4) is 5.75 Å². The minimum absolute atomic E-state index is 0.0920. The van der Waals surface area contributed by atoms with E-state index in [1.165, 1.54) is 0 Å². The lowest BCUT2D eigenvalue weighted by molar-refractivity contribution is 0.337. The van der Waals surface area contributed by atoms with Crippen LogP contribution in [-0.2, 0) is 0 Å². The van der Waals surface area contributed by atoms with Gasteiger partial charge < -0.3 is 10.5 Å². The molecule has 1 aromatic rings. The topological polar surface area (TPSA) is 35.2 Å². The molecule has 0 aliphatic carbocycles. The van der Waals surface area contributed by atoms with E-state index in [-0.39, 0.29) is 6.04 Å². The van der Waals surface area contributed by atoms with E-state index in [1.54, 1.807) is 0 Å². The monoisotopic (exact) mass is 179 g/mol. The Balaban J connectivity index is 2.92. The summed E-state index contributed by atoms with van der Waals surface area (Å²) in [7, 11) is 0. The zero-order valence-corrected chi connectivity index (χ0v) is 8.50. The lowest BCUT2D eigenvalue weighted by Crippen LogP contribution is -2.05. The van der Waals surface area contributed by atoms with Crippen LogP contribution in [0, 0.1) is 6.92 Å². The number of rotatable bonds is 3. The highest BCUT2D eigenvalue weighted by atomic mass is 16.5. The number of hydrogen-bond acceptors (Lipinski definition) is 2. The molecule has 0 aliphatic heterocycles. The fraction of sp³-hybridized carbons (Fsp3) is 0.455. The van der Waals surface area contributed by atoms with E-state index in [2.05, 4.69) is 6.07 Å². The predicted molar refractivity (Wildman–Crippen MR) is 55.0 cm³/mol. The molecule has 0 heterocycles. The van der Waals surface area contributed by atoms with Crippen molar-refractivity contribution in [1.82, 2.24) is 0 Å². The van der Waals surface area contributed by atoms with Gasteiger partial charge in [-0.05, 0) is 38.0 Å². The summed E-state index contributed by atoms with van der Waals surface area (Å²) in [6.45, 7) is 6.71. The van der Waals surface area contributed by atoms with Crippen molar-refractivity contribution in [2.75, 3.05) is 6.61 Å². The Kier molecular flexibility index (Phi) is 3.32. The van der Waals surface area contributed by atoms with E-state index in [0.29, 0.717) is 6.61 Å². The molecule has 2 heteroatoms. The van der Waals surface area contributed by atoms with Gasteiger partial charge in [0.1, 0.15) is 5.75 Å². The first-order valence-electron chi connectivity index (χ1n) is 4.64. The van der Waals surface area contributed by atoms with Gasteiger partial charge >= 0.3 is 0 Å². The van der Waals surface area contributed by atoms with Crippen molar-refractivity contribution in [3.05, 3.63) is 29.3 Å². The Bertz CT molecular complexity index is 281. The van der Waals surface area contributed by atoms with Gasteiger partial charge in [0.25, 0.3) is 0 Å². The number of ether oxygens (including phenoxy) is 1. The fourth-order valence-electron chi connectivity index (χ4n) is 1.27. The second kappa shape index (κ2) is 4.28. The summed E-state index contributed by atoms with van der Waals surface area (Å²) in [5.74, 6) is 0.951. The van der Waals surface area contributed by atoms with Gasteiger partial charge in [0, 0.05) is 6.04 Å². The van der Waals surface area contributed by atoms with Crippen LogP contribution in [0.2, 0.25) is 0 Å². The van der Waals surface area contributed by atoms with Gasteiger partial charge in [-0.15, -0.1) is 0 Å². The maximum atomic E-state index is 5.77. The first-order valence-corrected chi connectivity index (χ1v) is 4.64. The standard InChI is InChI=1S/C11H17NO/c1-4-13-11-6-5-10(9(3)12)7-8(11)2/h5-7,9H,4,12H2,1-3H3/t9-/m0/s1. The third-order valence-electron chi connectivity index (χ3n) is 2.02. The molecule has 0 amide bonds. The van der Waals surface area contributed by atoms with Crippen molar-refractivity contribution >= 4 is 0 Å². The van der Waals surface area contributed by atoms with Gasteiger partial charge in [0.15, 0.2) is 0 Å². The lowest BCUT2D eigenvalue weighted by atomic mass is 10.1. The van der Waals surface area contributed by atoms with E-state index in [0.717, 1.165) is 16.9 Å². The number of nitrogens with two attached hydrogens (primary N) is 1. The Hall–Kier alpha value is -1.02. The van der Waals surface area contributed by atoms with Crippen molar-refractivity contribution in [3.63, 3.8) is 0 Å². The number of hydrogen-bond donors (Lipinski definition) is 1. The molecule has 0 bridgehead atoms. The van der Waals surface area contributed by atoms with E-state index < -0.39 is 0 Å². The molecule has 2 N–H and O–H groups in total. The number of benzene rings is 1. The highest BCUT2D eigenvalue weighted by Gasteiger charge is 2.03. The fourth-order valence-corrected chi connectivity index (χ4v) is 1.27. The molecule has 0 aromatic heterocycles. The smallest absolute Gasteiger partial charge is 0.122 e. The Morgan fingerprint density at radius 3 is 2.62 bits per heavy atom. The predicted octanol–water partition coefficient (Wildman–Crippen LogP) is 2.41. The third kappa shape index (κ3) is 2.46. The van der Waals surface area contributed by atoms with E-state index in [1.807, 2.05) is 32.9 Å². The molecule has 1 rings (SSSR count). The molecule has 0 fully saturated rings. The minimum Gasteiger partial charge on any atom is -0.494 e. The molecule has 0 radical (unpaired) electrons. The summed E-state index contributed by atoms with van der Waals surface area (Å²) < 4.78 is 5.43. The van der Waals surface area contributed by atoms with Crippen LogP contribution in [0.25, 0.3) is 0 Å². The van der Waals surface area contributed by atoms with Crippen LogP contribution in [0.1, 0.15) is 31.0 Å². The maximum absolute atomic E-state index is 5.77. The maximum Gasteiger partial charge on any atom is 0.122 e. The third-order valence-corrected chi connectivity index (χ3v) is 2.02. The van der Waals surface area contributed by atoms with Gasteiger partial charge in [-0.3, -0.25) is 0 Å². The van der Waals surface area contributed by atoms with Crippen molar-refractivity contribution in [2.45, 2.75) is 26.8 Å². The first-order chi connectivity index (χ1) is 6.15. The van der Waals surface area contributed by atoms with E-state index in [9.17, 15) is 0 Å². The average Bonchev–Trinajstić information content (AvgIpc) is 2.08. The summed E-state index contributed by atoms with van der Waals surface area (Å²) in [6.07, 6.45) is 0. The SMILES string of the molecule is CCOc1ccc([C@H](C)N)cc1C. The molecule has 1 aromatic carbocycles. The zero-order chi connectivity index (χ0) is 9.84. The zero-order valence-electron chi connectivity index (χ0n) is 8.50. The Labute approximate surface area is 79.7 Å². The van der Waals surface area contributed by atoms with Crippen LogP contribution in [-0.4, -0.2) is 6.61 Å². The summed E-state index contributed by atoms with van der Waals surface area (Å²) >= 11 is 0. The Morgan fingerprint density at radius 1 is 1.46 bits per heavy atom. The van der Waals surface area contributed by atoms with Crippen molar-refractivity contribution in [1.29, 1.82) is 0 Å². The quantitative estimate of drug-likeness (QED) is 0.773. The van der Waals surface area contributed by atoms with Gasteiger partial charge in [-0.1, -0.05) is 12.1 Å². The average molecular weight is 179 g/mol. The molecule has 0 saturated carbocycles. The van der Waals surface area contributed by atoms with Crippen LogP contribution >= 0.6 is 0 Å². The molecule has 0 spiro atoms. The van der Waals surface area contributed by atoms with Crippen LogP contribution in [0.4, 0.5) is 0 Å². The van der Waals surface area contributed by atoms with Crippen molar-refractivity contribution in [2.24, 2.45) is 5.73 Å². The largest absolute Gasteiger partial charge is 0.494 e. The summed E-state index contributed by atoms with van der Waals surface area (Å²) in [5.41, 5.74) is 8.07. The Morgan fingerprint density at radius 2 is 2.15 bits per heavy atom. The molecular formula is C11H17NO. The number of aryl methyl sites for hydroxylation is 1. The van der Waals surface area contributed by atoms with Crippen LogP contribution in [0.5, 0.6) is 5.75 Å². The normalized spacial score (nSPS) is 12.6. The molecule has 0 saturated heterocycles.